The van der Waals surface area contributed by atoms with Crippen LogP contribution >= 0.6 is 0 Å². The molecule has 0 saturated heterocycles. The zero-order chi connectivity index (χ0) is 9.54. The fourth-order valence-electron chi connectivity index (χ4n) is 0.254. The molecule has 0 aliphatic carbocycles. The zero-order valence-electron chi connectivity index (χ0n) is 9.30. The Bertz CT molecular complexity index is 96.3. The molecule has 1 nitrogen and oxygen atoms in total. The van der Waals surface area contributed by atoms with Crippen molar-refractivity contribution in [3.05, 3.63) is 37.0 Å². The third kappa shape index (κ3) is 60.7. The summed E-state index contributed by atoms with van der Waals surface area (Å²) in [5.74, 6) is 0. The van der Waals surface area contributed by atoms with Gasteiger partial charge in [-0.15, -0.1) is 0 Å². The fourth-order valence-corrected chi connectivity index (χ4v) is 0.254. The first-order valence-corrected chi connectivity index (χ1v) is 4.32. The van der Waals surface area contributed by atoms with Crippen LogP contribution in [-0.4, -0.2) is 0 Å². The summed E-state index contributed by atoms with van der Waals surface area (Å²) in [4.78, 5) is 0. The van der Waals surface area contributed by atoms with E-state index in [1.165, 1.54) is 0 Å². The van der Waals surface area contributed by atoms with Crippen molar-refractivity contribution in [1.82, 2.24) is 6.15 Å². The van der Waals surface area contributed by atoms with Crippen molar-refractivity contribution in [2.45, 2.75) is 34.6 Å². The molecule has 0 aliphatic rings. The lowest BCUT2D eigenvalue weighted by molar-refractivity contribution is 1.50. The molecular formula is C11H27N. The summed E-state index contributed by atoms with van der Waals surface area (Å²) in [5.41, 5.74) is 0. The van der Waals surface area contributed by atoms with E-state index in [0.29, 0.717) is 0 Å². The van der Waals surface area contributed by atoms with Crippen LogP contribution in [0.25, 0.3) is 0 Å². The maximum Gasteiger partial charge on any atom is 0 e. The van der Waals surface area contributed by atoms with Gasteiger partial charge in [0.1, 0.15) is 0 Å². The summed E-state index contributed by atoms with van der Waals surface area (Å²) in [5, 5.41) is 0. The van der Waals surface area contributed by atoms with Crippen molar-refractivity contribution in [1.29, 1.82) is 0 Å². The quantitative estimate of drug-likeness (QED) is 0.600. The predicted molar refractivity (Wildman–Crippen MR) is 64.0 cm³/mol. The molecule has 0 rings (SSSR count). The van der Waals surface area contributed by atoms with Gasteiger partial charge in [0.2, 0.25) is 0 Å². The van der Waals surface area contributed by atoms with Crippen LogP contribution in [0, 0.1) is 0 Å². The van der Waals surface area contributed by atoms with Crippen LogP contribution in [0.5, 0.6) is 0 Å². The minimum absolute atomic E-state index is 0. The van der Waals surface area contributed by atoms with Crippen LogP contribution in [0.2, 0.25) is 0 Å². The molecule has 12 heavy (non-hydrogen) atoms. The highest BCUT2D eigenvalue weighted by molar-refractivity contribution is 5.07. The fraction of sp³-hybridized carbons (Fsp3) is 0.455. The lowest BCUT2D eigenvalue weighted by atomic mass is 10.4. The third-order valence-electron chi connectivity index (χ3n) is 0.551. The molecule has 0 bridgehead atoms. The van der Waals surface area contributed by atoms with Crippen LogP contribution in [0.1, 0.15) is 36.0 Å². The summed E-state index contributed by atoms with van der Waals surface area (Å²) in [7, 11) is 0. The normalized spacial score (nSPS) is 7.42. The van der Waals surface area contributed by atoms with Gasteiger partial charge in [-0.25, -0.2) is 0 Å². The second kappa shape index (κ2) is 49.1. The number of hydrogen-bond acceptors (Lipinski definition) is 1. The van der Waals surface area contributed by atoms with Crippen molar-refractivity contribution in [2.24, 2.45) is 0 Å². The summed E-state index contributed by atoms with van der Waals surface area (Å²) < 4.78 is 0. The molecule has 0 aromatic carbocycles. The Kier molecular flexibility index (Phi) is 92.0. The van der Waals surface area contributed by atoms with Crippen molar-refractivity contribution in [3.8, 4) is 0 Å². The van der Waals surface area contributed by atoms with Gasteiger partial charge in [-0.3, -0.25) is 0 Å². The highest BCUT2D eigenvalue weighted by Crippen LogP contribution is 1.74. The standard InChI is InChI=1S/C7H10.2C2H6.H3N.H2/c1-3-5-7-6-4-2;2*1-2;;/h3-7H,1H2,2H3;2*1-2H3;1H3;1H/b6-4-,7-5-;;;;. The number of allylic oxidation sites excluding steroid dienone is 5. The van der Waals surface area contributed by atoms with Gasteiger partial charge >= 0.3 is 0 Å². The van der Waals surface area contributed by atoms with Gasteiger partial charge in [0.15, 0.2) is 0 Å². The van der Waals surface area contributed by atoms with Gasteiger partial charge in [0.05, 0.1) is 0 Å². The Morgan fingerprint density at radius 3 is 1.58 bits per heavy atom. The Hall–Kier alpha value is -0.820. The van der Waals surface area contributed by atoms with E-state index >= 15 is 0 Å². The van der Waals surface area contributed by atoms with Crippen LogP contribution in [0.15, 0.2) is 37.0 Å². The van der Waals surface area contributed by atoms with Gasteiger partial charge < -0.3 is 6.15 Å². The second-order valence-electron chi connectivity index (χ2n) is 1.15. The highest BCUT2D eigenvalue weighted by Gasteiger charge is 1.52. The van der Waals surface area contributed by atoms with E-state index in [4.69, 9.17) is 0 Å². The van der Waals surface area contributed by atoms with Gasteiger partial charge in [0, 0.05) is 1.43 Å². The van der Waals surface area contributed by atoms with Crippen LogP contribution in [-0.2, 0) is 0 Å². The van der Waals surface area contributed by atoms with Crippen LogP contribution in [0.4, 0.5) is 0 Å². The molecule has 0 unspecified atom stereocenters. The average Bonchev–Trinajstić information content (AvgIpc) is 2.13. The maximum absolute atomic E-state index is 3.51. The zero-order valence-corrected chi connectivity index (χ0v) is 9.30. The van der Waals surface area contributed by atoms with Crippen molar-refractivity contribution < 1.29 is 1.43 Å². The molecule has 0 spiro atoms. The Balaban J connectivity index is -0.0000000315. The molecule has 0 heterocycles. The first-order valence-electron chi connectivity index (χ1n) is 4.32. The first-order chi connectivity index (χ1) is 5.41. The first kappa shape index (κ1) is 22.5. The van der Waals surface area contributed by atoms with E-state index in [9.17, 15) is 0 Å². The highest BCUT2D eigenvalue weighted by atomic mass is 14.0. The maximum atomic E-state index is 3.51. The Morgan fingerprint density at radius 2 is 1.33 bits per heavy atom. The number of hydrogen-bond donors (Lipinski definition) is 1. The second-order valence-corrected chi connectivity index (χ2v) is 1.15. The summed E-state index contributed by atoms with van der Waals surface area (Å²) in [6.45, 7) is 13.5. The smallest absolute Gasteiger partial charge is 0 e. The summed E-state index contributed by atoms with van der Waals surface area (Å²) >= 11 is 0. The molecule has 3 N–H and O–H groups in total. The van der Waals surface area contributed by atoms with Crippen molar-refractivity contribution in [2.75, 3.05) is 0 Å². The third-order valence-corrected chi connectivity index (χ3v) is 0.551. The summed E-state index contributed by atoms with van der Waals surface area (Å²) in [6.07, 6.45) is 9.51. The molecule has 0 amide bonds. The Labute approximate surface area is 80.0 Å². The Morgan fingerprint density at radius 1 is 0.917 bits per heavy atom. The average molecular weight is 173 g/mol. The number of rotatable bonds is 2. The van der Waals surface area contributed by atoms with Gasteiger partial charge in [-0.1, -0.05) is 64.7 Å². The van der Waals surface area contributed by atoms with E-state index in [2.05, 4.69) is 6.58 Å². The molecule has 0 radical (unpaired) electrons. The van der Waals surface area contributed by atoms with E-state index < -0.39 is 0 Å². The molecule has 0 atom stereocenters. The molecule has 0 saturated carbocycles. The summed E-state index contributed by atoms with van der Waals surface area (Å²) in [6, 6.07) is 0. The molecule has 0 aromatic heterocycles. The minimum Gasteiger partial charge on any atom is -0.344 e. The van der Waals surface area contributed by atoms with E-state index in [1.807, 2.05) is 58.9 Å². The van der Waals surface area contributed by atoms with Crippen LogP contribution in [0.3, 0.4) is 0 Å². The molecule has 0 aromatic rings. The van der Waals surface area contributed by atoms with E-state index in [-0.39, 0.29) is 7.58 Å². The van der Waals surface area contributed by atoms with E-state index in [0.717, 1.165) is 0 Å². The predicted octanol–water partition coefficient (Wildman–Crippen LogP) is 4.77. The molecule has 0 aliphatic heterocycles. The molecule has 1 heteroatoms. The van der Waals surface area contributed by atoms with Crippen molar-refractivity contribution >= 4 is 0 Å². The largest absolute Gasteiger partial charge is 0.344 e. The topological polar surface area (TPSA) is 35.0 Å². The lowest BCUT2D eigenvalue weighted by Gasteiger charge is -1.65. The van der Waals surface area contributed by atoms with Crippen molar-refractivity contribution in [3.63, 3.8) is 0 Å². The van der Waals surface area contributed by atoms with E-state index in [1.54, 1.807) is 6.08 Å². The van der Waals surface area contributed by atoms with Gasteiger partial charge in [0.25, 0.3) is 0 Å². The van der Waals surface area contributed by atoms with Crippen LogP contribution < -0.4 is 6.15 Å². The monoisotopic (exact) mass is 173 g/mol. The minimum atomic E-state index is 0. The SMILES string of the molecule is C=C/C=C\C=C/C.CC.CC.N.[HH]. The molecular weight excluding hydrogens is 146 g/mol. The van der Waals surface area contributed by atoms with Gasteiger partial charge in [-0.05, 0) is 6.92 Å². The molecule has 76 valence electrons. The van der Waals surface area contributed by atoms with Gasteiger partial charge in [-0.2, -0.15) is 0 Å². The lowest BCUT2D eigenvalue weighted by Crippen LogP contribution is -1.43. The molecule has 0 fully saturated rings.